The minimum Gasteiger partial charge on any atom is -0.298 e. The summed E-state index contributed by atoms with van der Waals surface area (Å²) in [4.78, 5) is 2.65. The lowest BCUT2D eigenvalue weighted by Crippen LogP contribution is -2.40. The number of hydrogen-bond acceptors (Lipinski definition) is 1. The maximum absolute atomic E-state index is 6.41. The van der Waals surface area contributed by atoms with E-state index >= 15 is 0 Å². The van der Waals surface area contributed by atoms with E-state index in [0.29, 0.717) is 18.0 Å². The predicted octanol–water partition coefficient (Wildman–Crippen LogP) is 7.44. The first kappa shape index (κ1) is 23.6. The molecule has 2 aromatic carbocycles. The number of hydrogen-bond donors (Lipinski definition) is 0. The molecule has 1 aliphatic carbocycles. The van der Waals surface area contributed by atoms with Crippen LogP contribution in [0.25, 0.3) is 0 Å². The van der Waals surface area contributed by atoms with E-state index in [2.05, 4.69) is 80.3 Å². The molecule has 164 valence electrons. The fraction of sp³-hybridized carbons (Fsp3) is 0.556. The minimum atomic E-state index is 0.101. The van der Waals surface area contributed by atoms with Crippen molar-refractivity contribution in [2.75, 3.05) is 6.54 Å². The van der Waals surface area contributed by atoms with E-state index in [1.165, 1.54) is 23.1 Å². The zero-order valence-electron chi connectivity index (χ0n) is 18.7. The Balaban J connectivity index is 1.50. The van der Waals surface area contributed by atoms with E-state index in [4.69, 9.17) is 23.2 Å². The first-order valence-corrected chi connectivity index (χ1v) is 12.5. The average molecular weight is 447 g/mol. The van der Waals surface area contributed by atoms with E-state index in [9.17, 15) is 0 Å². The Labute approximate surface area is 193 Å². The lowest BCUT2D eigenvalue weighted by molar-refractivity contribution is 0.158. The summed E-state index contributed by atoms with van der Waals surface area (Å²) in [5.74, 6) is 0.560. The third kappa shape index (κ3) is 6.74. The zero-order valence-corrected chi connectivity index (χ0v) is 20.2. The highest BCUT2D eigenvalue weighted by Gasteiger charge is 2.28. The molecular weight excluding hydrogens is 409 g/mol. The molecule has 1 aliphatic rings. The number of benzene rings is 2. The molecule has 4 unspecified atom stereocenters. The molecular formula is C27H37Cl2N. The van der Waals surface area contributed by atoms with Crippen LogP contribution in [-0.2, 0) is 12.8 Å². The maximum atomic E-state index is 6.41. The van der Waals surface area contributed by atoms with E-state index in [1.807, 2.05) is 0 Å². The number of nitrogens with zero attached hydrogens (tertiary/aromatic N) is 1. The van der Waals surface area contributed by atoms with Crippen LogP contribution in [0.1, 0.15) is 69.1 Å². The summed E-state index contributed by atoms with van der Waals surface area (Å²) >= 11 is 12.7. The lowest BCUT2D eigenvalue weighted by atomic mass is 9.83. The first-order chi connectivity index (χ1) is 14.4. The van der Waals surface area contributed by atoms with Crippen LogP contribution in [0.15, 0.2) is 54.6 Å². The SMILES string of the molecule is CC(C)N(CCc1ccccc1)C(C)CCc1ccc(C2CCC(Cl)C(Cl)C2)cc1. The number of halogens is 2. The zero-order chi connectivity index (χ0) is 21.5. The lowest BCUT2D eigenvalue weighted by Gasteiger charge is -2.33. The molecule has 0 spiro atoms. The molecule has 3 rings (SSSR count). The fourth-order valence-electron chi connectivity index (χ4n) is 4.77. The summed E-state index contributed by atoms with van der Waals surface area (Å²) in [5.41, 5.74) is 4.28. The largest absolute Gasteiger partial charge is 0.298 e. The van der Waals surface area contributed by atoms with Gasteiger partial charge in [0.25, 0.3) is 0 Å². The van der Waals surface area contributed by atoms with Crippen molar-refractivity contribution in [2.45, 2.75) is 88.1 Å². The molecule has 2 aromatic rings. The molecule has 0 heterocycles. The van der Waals surface area contributed by atoms with Gasteiger partial charge in [-0.3, -0.25) is 4.90 Å². The molecule has 0 aliphatic heterocycles. The third-order valence-corrected chi connectivity index (χ3v) is 7.86. The van der Waals surface area contributed by atoms with Gasteiger partial charge in [0.2, 0.25) is 0 Å². The van der Waals surface area contributed by atoms with Crippen LogP contribution in [-0.4, -0.2) is 34.3 Å². The standard InChI is InChI=1S/C27H37Cl2N/c1-20(2)30(18-17-22-7-5-4-6-8-22)21(3)9-10-23-11-13-24(14-12-23)25-15-16-26(28)27(29)19-25/h4-8,11-14,20-21,25-27H,9-10,15-19H2,1-3H3. The van der Waals surface area contributed by atoms with Crippen LogP contribution in [0, 0.1) is 0 Å². The van der Waals surface area contributed by atoms with Gasteiger partial charge in [-0.05, 0) is 81.9 Å². The summed E-state index contributed by atoms with van der Waals surface area (Å²) < 4.78 is 0. The summed E-state index contributed by atoms with van der Waals surface area (Å²) in [6, 6.07) is 21.2. The van der Waals surface area contributed by atoms with Gasteiger partial charge in [-0.1, -0.05) is 54.6 Å². The molecule has 0 saturated heterocycles. The molecule has 1 nitrogen and oxygen atoms in total. The van der Waals surface area contributed by atoms with E-state index in [1.54, 1.807) is 0 Å². The van der Waals surface area contributed by atoms with Gasteiger partial charge >= 0.3 is 0 Å². The van der Waals surface area contributed by atoms with Crippen molar-refractivity contribution >= 4 is 23.2 Å². The molecule has 4 atom stereocenters. The van der Waals surface area contributed by atoms with Gasteiger partial charge in [0.15, 0.2) is 0 Å². The quantitative estimate of drug-likeness (QED) is 0.362. The highest BCUT2D eigenvalue weighted by atomic mass is 35.5. The van der Waals surface area contributed by atoms with Gasteiger partial charge < -0.3 is 0 Å². The molecule has 1 saturated carbocycles. The van der Waals surface area contributed by atoms with Crippen LogP contribution in [0.4, 0.5) is 0 Å². The highest BCUT2D eigenvalue weighted by Crippen LogP contribution is 2.37. The number of rotatable bonds is 9. The van der Waals surface area contributed by atoms with Crippen LogP contribution in [0.3, 0.4) is 0 Å². The second kappa shape index (κ2) is 11.6. The number of aryl methyl sites for hydroxylation is 1. The smallest absolute Gasteiger partial charge is 0.0505 e. The van der Waals surface area contributed by atoms with Crippen molar-refractivity contribution in [1.29, 1.82) is 0 Å². The van der Waals surface area contributed by atoms with Crippen LogP contribution in [0.2, 0.25) is 0 Å². The van der Waals surface area contributed by atoms with E-state index in [0.717, 1.165) is 38.6 Å². The molecule has 0 amide bonds. The molecule has 3 heteroatoms. The van der Waals surface area contributed by atoms with E-state index in [-0.39, 0.29) is 10.8 Å². The van der Waals surface area contributed by atoms with Crippen LogP contribution < -0.4 is 0 Å². The normalized spacial score (nSPS) is 23.1. The van der Waals surface area contributed by atoms with Gasteiger partial charge in [0, 0.05) is 24.0 Å². The summed E-state index contributed by atoms with van der Waals surface area (Å²) in [6.07, 6.45) is 6.60. The van der Waals surface area contributed by atoms with Crippen LogP contribution in [0.5, 0.6) is 0 Å². The summed E-state index contributed by atoms with van der Waals surface area (Å²) in [5, 5.41) is 0.235. The topological polar surface area (TPSA) is 3.24 Å². The summed E-state index contributed by atoms with van der Waals surface area (Å²) in [6.45, 7) is 8.13. The fourth-order valence-corrected chi connectivity index (χ4v) is 5.34. The molecule has 30 heavy (non-hydrogen) atoms. The van der Waals surface area contributed by atoms with Crippen molar-refractivity contribution in [1.82, 2.24) is 4.90 Å². The average Bonchev–Trinajstić information content (AvgIpc) is 2.75. The monoisotopic (exact) mass is 445 g/mol. The highest BCUT2D eigenvalue weighted by molar-refractivity contribution is 6.30. The van der Waals surface area contributed by atoms with E-state index < -0.39 is 0 Å². The van der Waals surface area contributed by atoms with Crippen molar-refractivity contribution < 1.29 is 0 Å². The van der Waals surface area contributed by atoms with Crippen molar-refractivity contribution in [3.05, 3.63) is 71.3 Å². The number of alkyl halides is 2. The van der Waals surface area contributed by atoms with Gasteiger partial charge in [0.1, 0.15) is 0 Å². The van der Waals surface area contributed by atoms with Gasteiger partial charge in [0.05, 0.1) is 5.38 Å². The van der Waals surface area contributed by atoms with Gasteiger partial charge in [-0.25, -0.2) is 0 Å². The Hall–Kier alpha value is -1.02. The second-order valence-electron chi connectivity index (χ2n) is 9.24. The van der Waals surface area contributed by atoms with Crippen molar-refractivity contribution in [3.63, 3.8) is 0 Å². The third-order valence-electron chi connectivity index (χ3n) is 6.73. The van der Waals surface area contributed by atoms with Crippen molar-refractivity contribution in [3.8, 4) is 0 Å². The first-order valence-electron chi connectivity index (χ1n) is 11.6. The van der Waals surface area contributed by atoms with Crippen molar-refractivity contribution in [2.24, 2.45) is 0 Å². The minimum absolute atomic E-state index is 0.101. The Morgan fingerprint density at radius 1 is 0.833 bits per heavy atom. The molecule has 0 bridgehead atoms. The Morgan fingerprint density at radius 2 is 1.50 bits per heavy atom. The maximum Gasteiger partial charge on any atom is 0.0505 e. The molecule has 0 aromatic heterocycles. The molecule has 0 N–H and O–H groups in total. The van der Waals surface area contributed by atoms with Gasteiger partial charge in [-0.15, -0.1) is 23.2 Å². The Bertz CT molecular complexity index is 743. The van der Waals surface area contributed by atoms with Crippen LogP contribution >= 0.6 is 23.2 Å². The van der Waals surface area contributed by atoms with Gasteiger partial charge in [-0.2, -0.15) is 0 Å². The Morgan fingerprint density at radius 3 is 2.13 bits per heavy atom. The second-order valence-corrected chi connectivity index (χ2v) is 10.4. The Kier molecular flexibility index (Phi) is 9.11. The molecule has 0 radical (unpaired) electrons. The molecule has 1 fully saturated rings. The predicted molar refractivity (Wildman–Crippen MR) is 132 cm³/mol. The summed E-state index contributed by atoms with van der Waals surface area (Å²) in [7, 11) is 0.